The van der Waals surface area contributed by atoms with E-state index in [0.29, 0.717) is 6.54 Å². The summed E-state index contributed by atoms with van der Waals surface area (Å²) in [5.74, 6) is 0.0445. The van der Waals surface area contributed by atoms with Gasteiger partial charge >= 0.3 is 0 Å². The molecule has 0 aliphatic carbocycles. The van der Waals surface area contributed by atoms with Crippen LogP contribution in [0.2, 0.25) is 0 Å². The first-order valence-corrected chi connectivity index (χ1v) is 5.75. The summed E-state index contributed by atoms with van der Waals surface area (Å²) in [5, 5.41) is 10.4. The van der Waals surface area contributed by atoms with E-state index in [1.54, 1.807) is 24.3 Å². The van der Waals surface area contributed by atoms with Crippen LogP contribution in [-0.2, 0) is 6.54 Å². The van der Waals surface area contributed by atoms with Gasteiger partial charge in [0.2, 0.25) is 0 Å². The van der Waals surface area contributed by atoms with Crippen molar-refractivity contribution in [3.05, 3.63) is 66.1 Å². The lowest BCUT2D eigenvalue weighted by Crippen LogP contribution is -1.97. The lowest BCUT2D eigenvalue weighted by Gasteiger charge is -2.05. The molecule has 1 heterocycles. The number of rotatable bonds is 2. The van der Waals surface area contributed by atoms with E-state index in [1.807, 2.05) is 18.3 Å². The summed E-state index contributed by atoms with van der Waals surface area (Å²) in [6, 6.07) is 13.7. The molecule has 0 radical (unpaired) electrons. The number of hydrogen-bond acceptors (Lipinski definition) is 1. The molecule has 0 saturated heterocycles. The Morgan fingerprint density at radius 2 is 1.78 bits per heavy atom. The zero-order chi connectivity index (χ0) is 12.5. The summed E-state index contributed by atoms with van der Waals surface area (Å²) < 4.78 is 14.9. The van der Waals surface area contributed by atoms with Gasteiger partial charge in [0.15, 0.2) is 0 Å². The second kappa shape index (κ2) is 4.18. The van der Waals surface area contributed by atoms with Crippen LogP contribution >= 0.6 is 0 Å². The summed E-state index contributed by atoms with van der Waals surface area (Å²) in [5.41, 5.74) is 2.10. The molecule has 0 spiro atoms. The molecule has 0 atom stereocenters. The molecule has 1 N–H and O–H groups in total. The molecule has 0 bridgehead atoms. The van der Waals surface area contributed by atoms with E-state index in [0.717, 1.165) is 16.5 Å². The zero-order valence-electron chi connectivity index (χ0n) is 9.68. The van der Waals surface area contributed by atoms with E-state index >= 15 is 0 Å². The molecule has 1 aromatic heterocycles. The molecule has 0 saturated carbocycles. The first kappa shape index (κ1) is 10.8. The Labute approximate surface area is 104 Å². The second-order valence-corrected chi connectivity index (χ2v) is 4.31. The van der Waals surface area contributed by atoms with Crippen LogP contribution < -0.4 is 0 Å². The number of phenolic OH excluding ortho intramolecular Hbond substituents is 1. The molecule has 2 nitrogen and oxygen atoms in total. The van der Waals surface area contributed by atoms with Gasteiger partial charge in [-0.3, -0.25) is 0 Å². The summed E-state index contributed by atoms with van der Waals surface area (Å²) in [4.78, 5) is 0. The maximum Gasteiger partial charge on any atom is 0.123 e. The molecule has 0 fully saturated rings. The van der Waals surface area contributed by atoms with E-state index in [1.165, 1.54) is 12.1 Å². The monoisotopic (exact) mass is 241 g/mol. The number of nitrogens with zero attached hydrogens (tertiary/aromatic N) is 1. The minimum absolute atomic E-state index is 0.221. The molecule has 0 aliphatic rings. The molecule has 0 unspecified atom stereocenters. The van der Waals surface area contributed by atoms with Gasteiger partial charge in [0.05, 0.1) is 0 Å². The Hall–Kier alpha value is -2.29. The molecule has 3 heteroatoms. The first-order valence-electron chi connectivity index (χ1n) is 5.75. The summed E-state index contributed by atoms with van der Waals surface area (Å²) >= 11 is 0. The highest BCUT2D eigenvalue weighted by Crippen LogP contribution is 2.21. The Balaban J connectivity index is 1.97. The number of aromatic hydroxyl groups is 1. The Morgan fingerprint density at radius 1 is 1.00 bits per heavy atom. The predicted molar refractivity (Wildman–Crippen MR) is 69.1 cm³/mol. The van der Waals surface area contributed by atoms with Gasteiger partial charge in [-0.15, -0.1) is 0 Å². The van der Waals surface area contributed by atoms with Crippen molar-refractivity contribution in [1.82, 2.24) is 4.57 Å². The third-order valence-electron chi connectivity index (χ3n) is 3.02. The molecule has 18 heavy (non-hydrogen) atoms. The van der Waals surface area contributed by atoms with Gasteiger partial charge in [0.1, 0.15) is 11.6 Å². The number of phenols is 1. The maximum absolute atomic E-state index is 12.8. The fourth-order valence-electron chi connectivity index (χ4n) is 2.11. The molecule has 3 aromatic rings. The topological polar surface area (TPSA) is 25.2 Å². The van der Waals surface area contributed by atoms with Crippen molar-refractivity contribution >= 4 is 10.9 Å². The van der Waals surface area contributed by atoms with Gasteiger partial charge in [0, 0.05) is 23.6 Å². The van der Waals surface area contributed by atoms with Gasteiger partial charge in [0.25, 0.3) is 0 Å². The molecule has 0 aliphatic heterocycles. The van der Waals surface area contributed by atoms with Crippen LogP contribution in [0.5, 0.6) is 5.75 Å². The molecule has 0 amide bonds. The van der Waals surface area contributed by atoms with Crippen LogP contribution in [0.4, 0.5) is 4.39 Å². The highest BCUT2D eigenvalue weighted by atomic mass is 19.1. The van der Waals surface area contributed by atoms with Gasteiger partial charge < -0.3 is 9.67 Å². The molecular weight excluding hydrogens is 229 g/mol. The van der Waals surface area contributed by atoms with Crippen molar-refractivity contribution in [3.63, 3.8) is 0 Å². The van der Waals surface area contributed by atoms with E-state index in [2.05, 4.69) is 4.57 Å². The average Bonchev–Trinajstić information content (AvgIpc) is 2.74. The van der Waals surface area contributed by atoms with E-state index in [-0.39, 0.29) is 11.6 Å². The van der Waals surface area contributed by atoms with Crippen LogP contribution in [0, 0.1) is 5.82 Å². The van der Waals surface area contributed by atoms with Crippen LogP contribution in [0.1, 0.15) is 5.56 Å². The van der Waals surface area contributed by atoms with Gasteiger partial charge in [-0.1, -0.05) is 12.1 Å². The lowest BCUT2D eigenvalue weighted by atomic mass is 10.2. The Kier molecular flexibility index (Phi) is 2.52. The third kappa shape index (κ3) is 1.95. The van der Waals surface area contributed by atoms with Gasteiger partial charge in [-0.05, 0) is 42.0 Å². The van der Waals surface area contributed by atoms with E-state index in [4.69, 9.17) is 0 Å². The Bertz CT molecular complexity index is 685. The second-order valence-electron chi connectivity index (χ2n) is 4.31. The predicted octanol–water partition coefficient (Wildman–Crippen LogP) is 3.53. The number of halogens is 1. The largest absolute Gasteiger partial charge is 0.508 e. The molecular formula is C15H12FNO. The first-order chi connectivity index (χ1) is 8.72. The van der Waals surface area contributed by atoms with E-state index < -0.39 is 0 Å². The fourth-order valence-corrected chi connectivity index (χ4v) is 2.11. The van der Waals surface area contributed by atoms with Crippen molar-refractivity contribution in [2.45, 2.75) is 6.54 Å². The fraction of sp³-hybridized carbons (Fsp3) is 0.0667. The smallest absolute Gasteiger partial charge is 0.123 e. The molecule has 2 aromatic carbocycles. The average molecular weight is 241 g/mol. The SMILES string of the molecule is Oc1ccc2c(ccn2Cc2ccc(F)cc2)c1. The number of aromatic nitrogens is 1. The Morgan fingerprint density at radius 3 is 2.56 bits per heavy atom. The molecule has 3 rings (SSSR count). The van der Waals surface area contributed by atoms with Crippen LogP contribution in [-0.4, -0.2) is 9.67 Å². The van der Waals surface area contributed by atoms with Crippen LogP contribution in [0.15, 0.2) is 54.7 Å². The van der Waals surface area contributed by atoms with Crippen molar-refractivity contribution in [2.24, 2.45) is 0 Å². The minimum Gasteiger partial charge on any atom is -0.508 e. The third-order valence-corrected chi connectivity index (χ3v) is 3.02. The normalized spacial score (nSPS) is 10.9. The summed E-state index contributed by atoms with van der Waals surface area (Å²) in [6.07, 6.45) is 1.97. The van der Waals surface area contributed by atoms with Crippen molar-refractivity contribution in [2.75, 3.05) is 0 Å². The van der Waals surface area contributed by atoms with Gasteiger partial charge in [-0.25, -0.2) is 4.39 Å². The van der Waals surface area contributed by atoms with Crippen LogP contribution in [0.3, 0.4) is 0 Å². The van der Waals surface area contributed by atoms with Crippen molar-refractivity contribution in [1.29, 1.82) is 0 Å². The number of fused-ring (bicyclic) bond motifs is 1. The lowest BCUT2D eigenvalue weighted by molar-refractivity contribution is 0.476. The highest BCUT2D eigenvalue weighted by Gasteiger charge is 2.02. The summed E-state index contributed by atoms with van der Waals surface area (Å²) in [7, 11) is 0. The quantitative estimate of drug-likeness (QED) is 0.729. The minimum atomic E-state index is -0.221. The van der Waals surface area contributed by atoms with Crippen molar-refractivity contribution in [3.8, 4) is 5.75 Å². The van der Waals surface area contributed by atoms with Crippen molar-refractivity contribution < 1.29 is 9.50 Å². The highest BCUT2D eigenvalue weighted by molar-refractivity contribution is 5.81. The number of hydrogen-bond donors (Lipinski definition) is 1. The zero-order valence-corrected chi connectivity index (χ0v) is 9.68. The summed E-state index contributed by atoms with van der Waals surface area (Å²) in [6.45, 7) is 0.689. The van der Waals surface area contributed by atoms with Gasteiger partial charge in [-0.2, -0.15) is 0 Å². The standard InChI is InChI=1S/C15H12FNO/c16-13-3-1-11(2-4-13)10-17-8-7-12-9-14(18)5-6-15(12)17/h1-9,18H,10H2. The molecule has 90 valence electrons. The van der Waals surface area contributed by atoms with Crippen LogP contribution in [0.25, 0.3) is 10.9 Å². The van der Waals surface area contributed by atoms with E-state index in [9.17, 15) is 9.50 Å². The maximum atomic E-state index is 12.8. The number of benzene rings is 2.